The van der Waals surface area contributed by atoms with E-state index in [0.717, 1.165) is 5.56 Å². The highest BCUT2D eigenvalue weighted by Gasteiger charge is 2.00. The van der Waals surface area contributed by atoms with E-state index >= 15 is 0 Å². The molecule has 1 atom stereocenters. The van der Waals surface area contributed by atoms with Gasteiger partial charge in [-0.3, -0.25) is 0 Å². The van der Waals surface area contributed by atoms with Crippen molar-refractivity contribution < 1.29 is 5.11 Å². The second-order valence-electron chi connectivity index (χ2n) is 2.53. The maximum absolute atomic E-state index is 9.23. The first kappa shape index (κ1) is 8.62. The van der Waals surface area contributed by atoms with Gasteiger partial charge in [0.05, 0.1) is 6.10 Å². The summed E-state index contributed by atoms with van der Waals surface area (Å²) in [5, 5.41) is 9.23. The molecule has 0 bridgehead atoms. The summed E-state index contributed by atoms with van der Waals surface area (Å²) >= 11 is 4.00. The smallest absolute Gasteiger partial charge is 0.0668 e. The zero-order valence-electron chi connectivity index (χ0n) is 6.27. The Labute approximate surface area is 72.5 Å². The molecule has 60 valence electrons. The second-order valence-corrected chi connectivity index (χ2v) is 2.89. The Kier molecular flexibility index (Phi) is 3.46. The summed E-state index contributed by atoms with van der Waals surface area (Å²) in [6.07, 6.45) is 0.380. The summed E-state index contributed by atoms with van der Waals surface area (Å²) in [4.78, 5) is 0. The fraction of sp³-hybridized carbons (Fsp3) is 0.333. The van der Waals surface area contributed by atoms with Gasteiger partial charge in [-0.2, -0.15) is 12.6 Å². The van der Waals surface area contributed by atoms with E-state index in [0.29, 0.717) is 12.2 Å². The van der Waals surface area contributed by atoms with Gasteiger partial charge in [0.25, 0.3) is 0 Å². The van der Waals surface area contributed by atoms with E-state index in [-0.39, 0.29) is 6.10 Å². The Morgan fingerprint density at radius 1 is 1.27 bits per heavy atom. The van der Waals surface area contributed by atoms with Gasteiger partial charge in [0.1, 0.15) is 0 Å². The summed E-state index contributed by atoms with van der Waals surface area (Å²) < 4.78 is 0. The monoisotopic (exact) mass is 168 g/mol. The molecule has 0 saturated heterocycles. The van der Waals surface area contributed by atoms with Gasteiger partial charge in [-0.25, -0.2) is 0 Å². The molecule has 2 heteroatoms. The Balaban J connectivity index is 2.51. The van der Waals surface area contributed by atoms with Gasteiger partial charge in [-0.05, 0) is 12.0 Å². The third kappa shape index (κ3) is 2.95. The normalized spacial score (nSPS) is 12.9. The highest BCUT2D eigenvalue weighted by Crippen LogP contribution is 2.03. The van der Waals surface area contributed by atoms with E-state index in [1.54, 1.807) is 0 Å². The van der Waals surface area contributed by atoms with Crippen molar-refractivity contribution in [2.75, 3.05) is 5.75 Å². The Morgan fingerprint density at radius 3 is 2.45 bits per heavy atom. The van der Waals surface area contributed by atoms with E-state index in [1.807, 2.05) is 30.3 Å². The number of thiol groups is 1. The Bertz CT molecular complexity index is 198. The number of aliphatic hydroxyl groups excluding tert-OH is 1. The largest absolute Gasteiger partial charge is 0.392 e. The molecule has 1 N–H and O–H groups in total. The van der Waals surface area contributed by atoms with Crippen molar-refractivity contribution in [2.24, 2.45) is 0 Å². The number of aliphatic hydroxyl groups is 1. The molecule has 0 saturated carbocycles. The molecular formula is C9H12OS. The van der Waals surface area contributed by atoms with Crippen molar-refractivity contribution in [1.29, 1.82) is 0 Å². The zero-order valence-corrected chi connectivity index (χ0v) is 7.17. The fourth-order valence-electron chi connectivity index (χ4n) is 0.951. The van der Waals surface area contributed by atoms with Crippen molar-refractivity contribution in [2.45, 2.75) is 12.5 Å². The van der Waals surface area contributed by atoms with Crippen molar-refractivity contribution in [3.05, 3.63) is 35.9 Å². The molecule has 0 fully saturated rings. The van der Waals surface area contributed by atoms with E-state index < -0.39 is 0 Å². The van der Waals surface area contributed by atoms with Crippen LogP contribution in [0.1, 0.15) is 5.56 Å². The second kappa shape index (κ2) is 4.42. The lowest BCUT2D eigenvalue weighted by Gasteiger charge is -2.05. The molecule has 11 heavy (non-hydrogen) atoms. The lowest BCUT2D eigenvalue weighted by Crippen LogP contribution is -2.11. The maximum Gasteiger partial charge on any atom is 0.0668 e. The van der Waals surface area contributed by atoms with E-state index in [4.69, 9.17) is 0 Å². The maximum atomic E-state index is 9.23. The van der Waals surface area contributed by atoms with E-state index in [2.05, 4.69) is 12.6 Å². The van der Waals surface area contributed by atoms with Crippen molar-refractivity contribution >= 4 is 12.6 Å². The van der Waals surface area contributed by atoms with Crippen molar-refractivity contribution in [3.8, 4) is 0 Å². The van der Waals surface area contributed by atoms with Crippen LogP contribution in [0.2, 0.25) is 0 Å². The van der Waals surface area contributed by atoms with Gasteiger partial charge in [-0.1, -0.05) is 30.3 Å². The van der Waals surface area contributed by atoms with Crippen LogP contribution in [0, 0.1) is 0 Å². The van der Waals surface area contributed by atoms with Crippen LogP contribution in [0.4, 0.5) is 0 Å². The number of benzene rings is 1. The van der Waals surface area contributed by atoms with Crippen LogP contribution in [0.25, 0.3) is 0 Å². The Morgan fingerprint density at radius 2 is 1.91 bits per heavy atom. The lowest BCUT2D eigenvalue weighted by atomic mass is 10.1. The average Bonchev–Trinajstić information content (AvgIpc) is 2.06. The van der Waals surface area contributed by atoms with Gasteiger partial charge >= 0.3 is 0 Å². The quantitative estimate of drug-likeness (QED) is 0.656. The van der Waals surface area contributed by atoms with Crippen LogP contribution in [-0.4, -0.2) is 17.0 Å². The van der Waals surface area contributed by atoms with Crippen LogP contribution in [-0.2, 0) is 6.42 Å². The number of hydrogen-bond acceptors (Lipinski definition) is 2. The summed E-state index contributed by atoms with van der Waals surface area (Å²) in [7, 11) is 0. The van der Waals surface area contributed by atoms with Gasteiger partial charge in [0, 0.05) is 5.75 Å². The highest BCUT2D eigenvalue weighted by atomic mass is 32.1. The number of hydrogen-bond donors (Lipinski definition) is 2. The molecule has 1 nitrogen and oxygen atoms in total. The molecule has 1 aromatic rings. The first-order chi connectivity index (χ1) is 5.33. The predicted molar refractivity (Wildman–Crippen MR) is 50.0 cm³/mol. The molecule has 0 amide bonds. The van der Waals surface area contributed by atoms with E-state index in [9.17, 15) is 5.11 Å². The van der Waals surface area contributed by atoms with Crippen LogP contribution in [0.3, 0.4) is 0 Å². The number of rotatable bonds is 3. The fourth-order valence-corrected chi connectivity index (χ4v) is 1.08. The molecule has 0 radical (unpaired) electrons. The summed E-state index contributed by atoms with van der Waals surface area (Å²) in [6, 6.07) is 9.93. The van der Waals surface area contributed by atoms with Gasteiger partial charge < -0.3 is 5.11 Å². The summed E-state index contributed by atoms with van der Waals surface area (Å²) in [6.45, 7) is 0. The molecule has 0 spiro atoms. The topological polar surface area (TPSA) is 20.2 Å². The molecule has 1 aromatic carbocycles. The minimum Gasteiger partial charge on any atom is -0.392 e. The SMILES string of the molecule is O[C@H](CS)Cc1ccccc1. The van der Waals surface area contributed by atoms with Crippen LogP contribution >= 0.6 is 12.6 Å². The van der Waals surface area contributed by atoms with Crippen LogP contribution < -0.4 is 0 Å². The molecule has 0 aliphatic heterocycles. The molecule has 0 aromatic heterocycles. The van der Waals surface area contributed by atoms with Crippen molar-refractivity contribution in [1.82, 2.24) is 0 Å². The van der Waals surface area contributed by atoms with Gasteiger partial charge in [0.15, 0.2) is 0 Å². The minimum atomic E-state index is -0.319. The van der Waals surface area contributed by atoms with Gasteiger partial charge in [0.2, 0.25) is 0 Å². The molecule has 0 heterocycles. The molecular weight excluding hydrogens is 156 g/mol. The third-order valence-corrected chi connectivity index (χ3v) is 1.95. The molecule has 1 rings (SSSR count). The molecule has 0 aliphatic carbocycles. The molecule has 0 unspecified atom stereocenters. The van der Waals surface area contributed by atoms with Gasteiger partial charge in [-0.15, -0.1) is 0 Å². The average molecular weight is 168 g/mol. The summed E-state index contributed by atoms with van der Waals surface area (Å²) in [5.41, 5.74) is 1.16. The lowest BCUT2D eigenvalue weighted by molar-refractivity contribution is 0.200. The van der Waals surface area contributed by atoms with Crippen molar-refractivity contribution in [3.63, 3.8) is 0 Å². The first-order valence-corrected chi connectivity index (χ1v) is 4.29. The zero-order chi connectivity index (χ0) is 8.10. The molecule has 0 aliphatic rings. The highest BCUT2D eigenvalue weighted by molar-refractivity contribution is 7.80. The van der Waals surface area contributed by atoms with E-state index in [1.165, 1.54) is 0 Å². The third-order valence-electron chi connectivity index (χ3n) is 1.52. The standard InChI is InChI=1S/C9H12OS/c10-9(7-11)6-8-4-2-1-3-5-8/h1-5,9-11H,6-7H2/t9-/m0/s1. The summed E-state index contributed by atoms with van der Waals surface area (Å²) in [5.74, 6) is 0.523. The predicted octanol–water partition coefficient (Wildman–Crippen LogP) is 1.52. The first-order valence-electron chi connectivity index (χ1n) is 3.66. The van der Waals surface area contributed by atoms with Crippen LogP contribution in [0.15, 0.2) is 30.3 Å². The van der Waals surface area contributed by atoms with Crippen LogP contribution in [0.5, 0.6) is 0 Å². The Hall–Kier alpha value is -0.470. The minimum absolute atomic E-state index is 0.319.